The molecule has 9 heteroatoms. The minimum atomic E-state index is -1.54. The number of aryl methyl sites for hydroxylation is 1. The van der Waals surface area contributed by atoms with E-state index in [1.54, 1.807) is 31.2 Å². The van der Waals surface area contributed by atoms with Crippen LogP contribution in [0.5, 0.6) is 0 Å². The smallest absolute Gasteiger partial charge is 0.308 e. The van der Waals surface area contributed by atoms with Crippen LogP contribution in [-0.4, -0.2) is 53.8 Å². The predicted molar refractivity (Wildman–Crippen MR) is 129 cm³/mol. The Hall–Kier alpha value is -3.23. The first-order valence-electron chi connectivity index (χ1n) is 11.7. The first kappa shape index (κ1) is 23.5. The minimum absolute atomic E-state index is 0.146. The maximum atomic E-state index is 14.0. The number of anilines is 1. The zero-order chi connectivity index (χ0) is 24.9. The van der Waals surface area contributed by atoms with Gasteiger partial charge in [-0.1, -0.05) is 41.4 Å². The van der Waals surface area contributed by atoms with Crippen LogP contribution in [0.4, 0.5) is 5.69 Å². The van der Waals surface area contributed by atoms with Crippen LogP contribution in [0.1, 0.15) is 30.5 Å². The molecule has 0 spiro atoms. The molecule has 2 aromatic rings. The van der Waals surface area contributed by atoms with Crippen molar-refractivity contribution in [3.8, 4) is 0 Å². The van der Waals surface area contributed by atoms with Gasteiger partial charge in [0.1, 0.15) is 5.54 Å². The summed E-state index contributed by atoms with van der Waals surface area (Å²) in [4.78, 5) is 57.3. The summed E-state index contributed by atoms with van der Waals surface area (Å²) in [6.45, 7) is 4.48. The number of carbonyl (C=O) groups excluding carboxylic acids is 4. The summed E-state index contributed by atoms with van der Waals surface area (Å²) >= 11 is 6.12. The SMILES string of the molecule is CCOC(=O)C[C@]12C(=O)NCCN1[C@@H](c1ccc(Cl)cc1)[C@H]1C(=O)N(c3ccc(C)cc3)C(=O)[C@H]12. The first-order valence-corrected chi connectivity index (χ1v) is 12.1. The minimum Gasteiger partial charge on any atom is -0.466 e. The van der Waals surface area contributed by atoms with E-state index >= 15 is 0 Å². The molecule has 0 saturated carbocycles. The van der Waals surface area contributed by atoms with Crippen LogP contribution < -0.4 is 10.2 Å². The van der Waals surface area contributed by atoms with E-state index in [0.29, 0.717) is 23.8 Å². The molecule has 3 amide bonds. The number of halogens is 1. The molecule has 5 rings (SSSR count). The van der Waals surface area contributed by atoms with E-state index in [0.717, 1.165) is 11.1 Å². The van der Waals surface area contributed by atoms with Gasteiger partial charge in [-0.2, -0.15) is 0 Å². The van der Waals surface area contributed by atoms with Crippen molar-refractivity contribution in [2.45, 2.75) is 31.8 Å². The topological polar surface area (TPSA) is 96.0 Å². The number of hydrogen-bond donors (Lipinski definition) is 1. The maximum Gasteiger partial charge on any atom is 0.308 e. The van der Waals surface area contributed by atoms with Crippen LogP contribution in [-0.2, 0) is 23.9 Å². The second kappa shape index (κ2) is 8.77. The van der Waals surface area contributed by atoms with Gasteiger partial charge in [0.15, 0.2) is 0 Å². The average molecular weight is 496 g/mol. The lowest BCUT2D eigenvalue weighted by molar-refractivity contribution is -0.156. The molecule has 8 nitrogen and oxygen atoms in total. The highest BCUT2D eigenvalue weighted by Crippen LogP contribution is 2.57. The van der Waals surface area contributed by atoms with Crippen molar-refractivity contribution in [3.63, 3.8) is 0 Å². The van der Waals surface area contributed by atoms with E-state index in [9.17, 15) is 19.2 Å². The highest BCUT2D eigenvalue weighted by Gasteiger charge is 2.73. The lowest BCUT2D eigenvalue weighted by Crippen LogP contribution is -2.67. The van der Waals surface area contributed by atoms with Gasteiger partial charge in [0.25, 0.3) is 0 Å². The molecule has 2 aromatic carbocycles. The lowest BCUT2D eigenvalue weighted by Gasteiger charge is -2.45. The number of nitrogens with one attached hydrogen (secondary N) is 1. The molecule has 0 aromatic heterocycles. The fourth-order valence-corrected chi connectivity index (χ4v) is 6.03. The Morgan fingerprint density at radius 1 is 1.09 bits per heavy atom. The number of rotatable bonds is 5. The van der Waals surface area contributed by atoms with Crippen LogP contribution in [0.2, 0.25) is 5.02 Å². The number of ether oxygens (including phenoxy) is 1. The number of fused-ring (bicyclic) bond motifs is 3. The van der Waals surface area contributed by atoms with Gasteiger partial charge in [0, 0.05) is 24.2 Å². The van der Waals surface area contributed by atoms with E-state index in [2.05, 4.69) is 5.32 Å². The van der Waals surface area contributed by atoms with Gasteiger partial charge in [-0.25, -0.2) is 4.90 Å². The molecule has 182 valence electrons. The number of carbonyl (C=O) groups is 4. The van der Waals surface area contributed by atoms with E-state index < -0.39 is 41.2 Å². The fourth-order valence-electron chi connectivity index (χ4n) is 5.90. The fraction of sp³-hybridized carbons (Fsp3) is 0.385. The van der Waals surface area contributed by atoms with Crippen LogP contribution in [0.25, 0.3) is 0 Å². The number of hydrogen-bond acceptors (Lipinski definition) is 6. The zero-order valence-corrected chi connectivity index (χ0v) is 20.2. The Labute approximate surface area is 208 Å². The largest absolute Gasteiger partial charge is 0.466 e. The van der Waals surface area contributed by atoms with Crippen molar-refractivity contribution in [1.82, 2.24) is 10.2 Å². The molecule has 1 N–H and O–H groups in total. The van der Waals surface area contributed by atoms with E-state index in [4.69, 9.17) is 16.3 Å². The number of amides is 3. The van der Waals surface area contributed by atoms with Gasteiger partial charge in [-0.15, -0.1) is 0 Å². The Morgan fingerprint density at radius 2 is 1.77 bits per heavy atom. The number of piperazine rings is 1. The van der Waals surface area contributed by atoms with Gasteiger partial charge in [0.05, 0.1) is 30.6 Å². The van der Waals surface area contributed by atoms with E-state index in [-0.39, 0.29) is 18.9 Å². The standard InChI is InChI=1S/C26H26ClN3O5/c1-3-35-19(31)14-26-21-20(23(32)30(24(21)33)18-10-4-15(2)5-11-18)22(16-6-8-17(27)9-7-16)29(26)13-12-28-25(26)34/h4-11,20-22H,3,12-14H2,1-2H3,(H,28,34)/t20-,21-,22-,26-/m0/s1. The van der Waals surface area contributed by atoms with E-state index in [1.807, 2.05) is 36.1 Å². The normalized spacial score (nSPS) is 28.0. The summed E-state index contributed by atoms with van der Waals surface area (Å²) in [5.41, 5.74) is 0.662. The van der Waals surface area contributed by atoms with E-state index in [1.165, 1.54) is 4.90 Å². The van der Waals surface area contributed by atoms with Gasteiger partial charge in [0.2, 0.25) is 17.7 Å². The Morgan fingerprint density at radius 3 is 2.43 bits per heavy atom. The van der Waals surface area contributed by atoms with Gasteiger partial charge in [-0.05, 0) is 43.7 Å². The molecular formula is C26H26ClN3O5. The summed E-state index contributed by atoms with van der Waals surface area (Å²) in [5, 5.41) is 3.38. The summed E-state index contributed by atoms with van der Waals surface area (Å²) in [7, 11) is 0. The Bertz CT molecular complexity index is 1200. The van der Waals surface area contributed by atoms with Crippen LogP contribution >= 0.6 is 11.6 Å². The average Bonchev–Trinajstić information content (AvgIpc) is 3.26. The van der Waals surface area contributed by atoms with Crippen LogP contribution in [0.3, 0.4) is 0 Å². The summed E-state index contributed by atoms with van der Waals surface area (Å²) < 4.78 is 5.21. The Kier molecular flexibility index (Phi) is 5.89. The van der Waals surface area contributed by atoms with Crippen molar-refractivity contribution in [3.05, 3.63) is 64.7 Å². The van der Waals surface area contributed by atoms with Crippen molar-refractivity contribution >= 4 is 41.0 Å². The Balaban J connectivity index is 1.69. The maximum absolute atomic E-state index is 14.0. The van der Waals surface area contributed by atoms with Gasteiger partial charge < -0.3 is 10.1 Å². The molecule has 0 bridgehead atoms. The third kappa shape index (κ3) is 3.54. The third-order valence-electron chi connectivity index (χ3n) is 7.31. The molecule has 0 aliphatic carbocycles. The van der Waals surface area contributed by atoms with Gasteiger partial charge >= 0.3 is 5.97 Å². The summed E-state index contributed by atoms with van der Waals surface area (Å²) in [6, 6.07) is 13.6. The first-order chi connectivity index (χ1) is 16.8. The summed E-state index contributed by atoms with van der Waals surface area (Å²) in [5.74, 6) is -3.76. The second-order valence-electron chi connectivity index (χ2n) is 9.20. The molecule has 3 fully saturated rings. The highest BCUT2D eigenvalue weighted by molar-refractivity contribution is 6.30. The quantitative estimate of drug-likeness (QED) is 0.506. The number of esters is 1. The molecule has 0 radical (unpaired) electrons. The molecule has 35 heavy (non-hydrogen) atoms. The van der Waals surface area contributed by atoms with Crippen molar-refractivity contribution in [2.75, 3.05) is 24.6 Å². The highest BCUT2D eigenvalue weighted by atomic mass is 35.5. The molecule has 3 aliphatic rings. The second-order valence-corrected chi connectivity index (χ2v) is 9.64. The van der Waals surface area contributed by atoms with Crippen molar-refractivity contribution < 1.29 is 23.9 Å². The molecule has 0 unspecified atom stereocenters. The number of imide groups is 1. The zero-order valence-electron chi connectivity index (χ0n) is 19.5. The number of benzene rings is 2. The predicted octanol–water partition coefficient (Wildman–Crippen LogP) is 2.63. The molecular weight excluding hydrogens is 470 g/mol. The summed E-state index contributed by atoms with van der Waals surface area (Å²) in [6.07, 6.45) is -0.321. The van der Waals surface area contributed by atoms with Crippen molar-refractivity contribution in [2.24, 2.45) is 11.8 Å². The molecule has 4 atom stereocenters. The molecule has 3 heterocycles. The van der Waals surface area contributed by atoms with Crippen molar-refractivity contribution in [1.29, 1.82) is 0 Å². The van der Waals surface area contributed by atoms with Crippen LogP contribution in [0.15, 0.2) is 48.5 Å². The molecule has 3 saturated heterocycles. The monoisotopic (exact) mass is 495 g/mol. The van der Waals surface area contributed by atoms with Gasteiger partial charge in [-0.3, -0.25) is 24.1 Å². The number of nitrogens with zero attached hydrogens (tertiary/aromatic N) is 2. The lowest BCUT2D eigenvalue weighted by atomic mass is 9.76. The van der Waals surface area contributed by atoms with Crippen LogP contribution in [0, 0.1) is 18.8 Å². The molecule has 3 aliphatic heterocycles. The third-order valence-corrected chi connectivity index (χ3v) is 7.56.